The van der Waals surface area contributed by atoms with E-state index in [4.69, 9.17) is 0 Å². The van der Waals surface area contributed by atoms with Crippen LogP contribution in [0.15, 0.2) is 0 Å². The largest absolute Gasteiger partial charge is 0.169 e. The Bertz CT molecular complexity index is 46.5. The van der Waals surface area contributed by atoms with Crippen molar-refractivity contribution in [2.45, 2.75) is 32.6 Å². The molecule has 56 valence electrons. The molecule has 0 aromatic carbocycles. The maximum absolute atomic E-state index is 2.34. The van der Waals surface area contributed by atoms with Gasteiger partial charge in [0.1, 0.15) is 0 Å². The van der Waals surface area contributed by atoms with Crippen LogP contribution < -0.4 is 0 Å². The summed E-state index contributed by atoms with van der Waals surface area (Å²) in [6, 6.07) is 0. The lowest BCUT2D eigenvalue weighted by atomic mass is 10.2. The molecule has 0 N–H and O–H groups in total. The van der Waals surface area contributed by atoms with Crippen molar-refractivity contribution in [3.05, 3.63) is 0 Å². The zero-order chi connectivity index (χ0) is 7.11. The van der Waals surface area contributed by atoms with E-state index in [1.165, 1.54) is 25.7 Å². The number of rotatable bonds is 0. The first kappa shape index (κ1) is 9.35. The molecule has 1 heteroatoms. The van der Waals surface area contributed by atoms with Crippen molar-refractivity contribution in [1.82, 2.24) is 0 Å². The minimum atomic E-state index is 1.05. The molecule has 0 unspecified atom stereocenters. The summed E-state index contributed by atoms with van der Waals surface area (Å²) in [5, 5.41) is 0. The second-order valence-corrected chi connectivity index (χ2v) is 3.61. The Morgan fingerprint density at radius 3 is 1.56 bits per heavy atom. The fourth-order valence-electron chi connectivity index (χ4n) is 1.13. The van der Waals surface area contributed by atoms with Gasteiger partial charge < -0.3 is 0 Å². The minimum Gasteiger partial charge on any atom is -0.169 e. The molecule has 0 aliphatic heterocycles. The van der Waals surface area contributed by atoms with E-state index in [2.05, 4.69) is 6.92 Å². The summed E-state index contributed by atoms with van der Waals surface area (Å²) < 4.78 is 0. The highest BCUT2D eigenvalue weighted by Crippen LogP contribution is 2.22. The van der Waals surface area contributed by atoms with Gasteiger partial charge in [-0.05, 0) is 18.4 Å². The first-order valence-corrected chi connectivity index (χ1v) is 5.34. The molecule has 1 fully saturated rings. The minimum absolute atomic E-state index is 1.05. The van der Waals surface area contributed by atoms with E-state index in [-0.39, 0.29) is 0 Å². The summed E-state index contributed by atoms with van der Waals surface area (Å²) in [5.74, 6) is 1.05. The summed E-state index contributed by atoms with van der Waals surface area (Å²) in [7, 11) is 0. The van der Waals surface area contributed by atoms with Crippen molar-refractivity contribution in [3.63, 3.8) is 0 Å². The Morgan fingerprint density at radius 1 is 1.11 bits per heavy atom. The molecule has 1 aliphatic carbocycles. The summed E-state index contributed by atoms with van der Waals surface area (Å²) in [5.41, 5.74) is 0. The molecule has 1 saturated carbocycles. The van der Waals surface area contributed by atoms with E-state index in [9.17, 15) is 0 Å². The van der Waals surface area contributed by atoms with Gasteiger partial charge in [-0.3, -0.25) is 0 Å². The average molecular weight is 146 g/mol. The molecule has 0 radical (unpaired) electrons. The van der Waals surface area contributed by atoms with Gasteiger partial charge in [0.15, 0.2) is 0 Å². The molecular formula is C8H18S. The summed E-state index contributed by atoms with van der Waals surface area (Å²) in [4.78, 5) is 0. The highest BCUT2D eigenvalue weighted by atomic mass is 32.2. The zero-order valence-electron chi connectivity index (χ0n) is 6.81. The average Bonchev–Trinajstić information content (AvgIpc) is 2.20. The van der Waals surface area contributed by atoms with E-state index in [0.29, 0.717) is 0 Å². The lowest BCUT2D eigenvalue weighted by Crippen LogP contribution is -1.78. The van der Waals surface area contributed by atoms with Crippen molar-refractivity contribution in [1.29, 1.82) is 0 Å². The molecule has 0 nitrogen and oxygen atoms in total. The van der Waals surface area contributed by atoms with Crippen LogP contribution in [0, 0.1) is 5.92 Å². The van der Waals surface area contributed by atoms with Gasteiger partial charge in [-0.1, -0.05) is 32.6 Å². The lowest BCUT2D eigenvalue weighted by molar-refractivity contribution is 0.612. The van der Waals surface area contributed by atoms with Crippen molar-refractivity contribution in [3.8, 4) is 0 Å². The molecular weight excluding hydrogens is 128 g/mol. The second-order valence-electron chi connectivity index (χ2n) is 2.80. The van der Waals surface area contributed by atoms with Crippen LogP contribution >= 0.6 is 11.8 Å². The van der Waals surface area contributed by atoms with Gasteiger partial charge in [0.05, 0.1) is 0 Å². The van der Waals surface area contributed by atoms with Crippen molar-refractivity contribution < 1.29 is 0 Å². The number of hydrogen-bond donors (Lipinski definition) is 0. The predicted molar refractivity (Wildman–Crippen MR) is 47.1 cm³/mol. The first-order valence-electron chi connectivity index (χ1n) is 3.71. The maximum atomic E-state index is 2.34. The predicted octanol–water partition coefficient (Wildman–Crippen LogP) is 3.18. The van der Waals surface area contributed by atoms with Crippen LogP contribution in [-0.2, 0) is 0 Å². The van der Waals surface area contributed by atoms with Gasteiger partial charge in [0.2, 0.25) is 0 Å². The Balaban J connectivity index is 0.000000187. The highest BCUT2D eigenvalue weighted by molar-refractivity contribution is 7.97. The number of thioether (sulfide) groups is 1. The highest BCUT2D eigenvalue weighted by Gasteiger charge is 2.07. The van der Waals surface area contributed by atoms with Gasteiger partial charge >= 0.3 is 0 Å². The fraction of sp³-hybridized carbons (Fsp3) is 1.00. The van der Waals surface area contributed by atoms with E-state index in [1.54, 1.807) is 11.8 Å². The molecule has 0 atom stereocenters. The maximum Gasteiger partial charge on any atom is -0.0187 e. The summed E-state index contributed by atoms with van der Waals surface area (Å²) in [6.45, 7) is 2.34. The van der Waals surface area contributed by atoms with E-state index >= 15 is 0 Å². The lowest BCUT2D eigenvalue weighted by Gasteiger charge is -1.91. The normalized spacial score (nSPS) is 19.0. The van der Waals surface area contributed by atoms with Crippen LogP contribution in [0.4, 0.5) is 0 Å². The molecule has 1 rings (SSSR count). The van der Waals surface area contributed by atoms with E-state index in [0.717, 1.165) is 5.92 Å². The van der Waals surface area contributed by atoms with Gasteiger partial charge in [0.25, 0.3) is 0 Å². The third kappa shape index (κ3) is 6.23. The van der Waals surface area contributed by atoms with Crippen molar-refractivity contribution in [2.75, 3.05) is 12.5 Å². The quantitative estimate of drug-likeness (QED) is 0.506. The third-order valence-electron chi connectivity index (χ3n) is 1.64. The number of hydrogen-bond acceptors (Lipinski definition) is 1. The van der Waals surface area contributed by atoms with Crippen molar-refractivity contribution >= 4 is 11.8 Å². The van der Waals surface area contributed by atoms with Gasteiger partial charge in [-0.2, -0.15) is 11.8 Å². The van der Waals surface area contributed by atoms with E-state index in [1.807, 2.05) is 12.5 Å². The molecule has 0 bridgehead atoms. The first-order chi connectivity index (χ1) is 4.31. The molecule has 0 heterocycles. The van der Waals surface area contributed by atoms with E-state index < -0.39 is 0 Å². The van der Waals surface area contributed by atoms with Crippen LogP contribution in [0.1, 0.15) is 32.6 Å². The summed E-state index contributed by atoms with van der Waals surface area (Å²) in [6.07, 6.45) is 10.0. The van der Waals surface area contributed by atoms with Crippen LogP contribution in [0.5, 0.6) is 0 Å². The third-order valence-corrected chi connectivity index (χ3v) is 1.64. The molecule has 0 amide bonds. The standard InChI is InChI=1S/C6H12.C2H6S/c1-6-4-2-3-5-6;1-3-2/h6H,2-5H2,1H3;1-2H3. The Hall–Kier alpha value is 0.350. The molecule has 9 heavy (non-hydrogen) atoms. The van der Waals surface area contributed by atoms with Gasteiger partial charge in [0, 0.05) is 0 Å². The van der Waals surface area contributed by atoms with Crippen LogP contribution in [0.2, 0.25) is 0 Å². The SMILES string of the molecule is CC1CCCC1.CSC. The molecule has 0 aromatic rings. The molecule has 0 aromatic heterocycles. The van der Waals surface area contributed by atoms with Gasteiger partial charge in [-0.15, -0.1) is 0 Å². The monoisotopic (exact) mass is 146 g/mol. The van der Waals surface area contributed by atoms with Crippen molar-refractivity contribution in [2.24, 2.45) is 5.92 Å². The molecule has 0 spiro atoms. The van der Waals surface area contributed by atoms with Crippen LogP contribution in [-0.4, -0.2) is 12.5 Å². The topological polar surface area (TPSA) is 0 Å². The smallest absolute Gasteiger partial charge is 0.0187 e. The summed E-state index contributed by atoms with van der Waals surface area (Å²) >= 11 is 1.75. The molecule has 0 saturated heterocycles. The second kappa shape index (κ2) is 6.47. The Morgan fingerprint density at radius 2 is 1.44 bits per heavy atom. The molecule has 1 aliphatic rings. The van der Waals surface area contributed by atoms with Crippen LogP contribution in [0.3, 0.4) is 0 Å². The van der Waals surface area contributed by atoms with Crippen LogP contribution in [0.25, 0.3) is 0 Å². The van der Waals surface area contributed by atoms with Gasteiger partial charge in [-0.25, -0.2) is 0 Å². The Labute approximate surface area is 63.4 Å². The fourth-order valence-corrected chi connectivity index (χ4v) is 1.13. The Kier molecular flexibility index (Phi) is 6.72. The zero-order valence-corrected chi connectivity index (χ0v) is 7.63.